The number of carboxylic acid groups (broad SMARTS) is 1. The third kappa shape index (κ3) is 3.88. The number of carbonyl (C=O) groups is 2. The van der Waals surface area contributed by atoms with E-state index in [-0.39, 0.29) is 50.2 Å². The lowest BCUT2D eigenvalue weighted by molar-refractivity contribution is -0.149. The number of hydrogen-bond donors (Lipinski definition) is 2. The third-order valence-corrected chi connectivity index (χ3v) is 3.97. The SMILES string of the molecule is O=C(NCC1CCC(C(=O)O)O1)C1CCC(F)(F)CC1. The molecule has 1 aliphatic carbocycles. The van der Waals surface area contributed by atoms with Gasteiger partial charge in [-0.1, -0.05) is 0 Å². The van der Waals surface area contributed by atoms with Crippen LogP contribution < -0.4 is 5.32 Å². The van der Waals surface area contributed by atoms with Crippen molar-refractivity contribution in [2.75, 3.05) is 6.54 Å². The second-order valence-corrected chi connectivity index (χ2v) is 5.54. The highest BCUT2D eigenvalue weighted by atomic mass is 19.3. The van der Waals surface area contributed by atoms with Crippen molar-refractivity contribution in [1.82, 2.24) is 5.32 Å². The van der Waals surface area contributed by atoms with Crippen LogP contribution in [0.25, 0.3) is 0 Å². The molecule has 0 bridgehead atoms. The second kappa shape index (κ2) is 6.03. The topological polar surface area (TPSA) is 75.6 Å². The van der Waals surface area contributed by atoms with Crippen molar-refractivity contribution in [3.05, 3.63) is 0 Å². The molecule has 2 N–H and O–H groups in total. The molecule has 1 saturated heterocycles. The standard InChI is InChI=1S/C13H19F2NO4/c14-13(15)5-3-8(4-6-13)11(17)16-7-9-1-2-10(20-9)12(18)19/h8-10H,1-7H2,(H,16,17)(H,18,19). The fourth-order valence-electron chi connectivity index (χ4n) is 2.70. The lowest BCUT2D eigenvalue weighted by Gasteiger charge is -2.27. The Hall–Kier alpha value is -1.24. The van der Waals surface area contributed by atoms with Gasteiger partial charge in [-0.15, -0.1) is 0 Å². The van der Waals surface area contributed by atoms with Crippen molar-refractivity contribution in [3.63, 3.8) is 0 Å². The summed E-state index contributed by atoms with van der Waals surface area (Å²) in [4.78, 5) is 22.6. The predicted octanol–water partition coefficient (Wildman–Crippen LogP) is 1.56. The first-order valence-electron chi connectivity index (χ1n) is 6.91. The molecule has 2 unspecified atom stereocenters. The molecular weight excluding hydrogens is 272 g/mol. The highest BCUT2D eigenvalue weighted by Crippen LogP contribution is 2.36. The van der Waals surface area contributed by atoms with Crippen LogP contribution in [-0.4, -0.2) is 41.7 Å². The van der Waals surface area contributed by atoms with E-state index in [1.165, 1.54) is 0 Å². The van der Waals surface area contributed by atoms with Crippen molar-refractivity contribution in [1.29, 1.82) is 0 Å². The lowest BCUT2D eigenvalue weighted by atomic mass is 9.86. The minimum atomic E-state index is -2.64. The van der Waals surface area contributed by atoms with E-state index in [2.05, 4.69) is 5.32 Å². The van der Waals surface area contributed by atoms with Gasteiger partial charge >= 0.3 is 5.97 Å². The summed E-state index contributed by atoms with van der Waals surface area (Å²) in [5, 5.41) is 11.5. The maximum absolute atomic E-state index is 13.0. The summed E-state index contributed by atoms with van der Waals surface area (Å²) in [6.45, 7) is 0.246. The smallest absolute Gasteiger partial charge is 0.332 e. The Morgan fingerprint density at radius 3 is 2.40 bits per heavy atom. The van der Waals surface area contributed by atoms with Gasteiger partial charge in [-0.2, -0.15) is 0 Å². The van der Waals surface area contributed by atoms with E-state index in [4.69, 9.17) is 9.84 Å². The third-order valence-electron chi connectivity index (χ3n) is 3.97. The summed E-state index contributed by atoms with van der Waals surface area (Å²) in [5.74, 6) is -4.23. The molecule has 20 heavy (non-hydrogen) atoms. The molecule has 0 aromatic rings. The van der Waals surface area contributed by atoms with Crippen molar-refractivity contribution in [2.24, 2.45) is 5.92 Å². The van der Waals surface area contributed by atoms with Crippen LogP contribution in [0, 0.1) is 5.92 Å². The number of alkyl halides is 2. The maximum atomic E-state index is 13.0. The number of rotatable bonds is 4. The van der Waals surface area contributed by atoms with E-state index in [1.54, 1.807) is 0 Å². The van der Waals surface area contributed by atoms with E-state index < -0.39 is 18.0 Å². The van der Waals surface area contributed by atoms with Gasteiger partial charge < -0.3 is 15.2 Å². The number of nitrogens with one attached hydrogen (secondary N) is 1. The van der Waals surface area contributed by atoms with Crippen LogP contribution in [-0.2, 0) is 14.3 Å². The van der Waals surface area contributed by atoms with E-state index in [1.807, 2.05) is 0 Å². The fourth-order valence-corrected chi connectivity index (χ4v) is 2.70. The Kier molecular flexibility index (Phi) is 4.57. The predicted molar refractivity (Wildman–Crippen MR) is 65.4 cm³/mol. The van der Waals surface area contributed by atoms with Crippen LogP contribution in [0.15, 0.2) is 0 Å². The van der Waals surface area contributed by atoms with E-state index >= 15 is 0 Å². The van der Waals surface area contributed by atoms with Gasteiger partial charge in [-0.25, -0.2) is 13.6 Å². The molecule has 1 amide bonds. The quantitative estimate of drug-likeness (QED) is 0.824. The maximum Gasteiger partial charge on any atom is 0.332 e. The van der Waals surface area contributed by atoms with E-state index in [0.717, 1.165) is 0 Å². The molecule has 0 aromatic heterocycles. The fraction of sp³-hybridized carbons (Fsp3) is 0.846. The average molecular weight is 291 g/mol. The Balaban J connectivity index is 1.70. The monoisotopic (exact) mass is 291 g/mol. The number of hydrogen-bond acceptors (Lipinski definition) is 3. The summed E-state index contributed by atoms with van der Waals surface area (Å²) < 4.78 is 31.2. The molecule has 0 aromatic carbocycles. The molecule has 7 heteroatoms. The molecule has 5 nitrogen and oxygen atoms in total. The normalized spacial score (nSPS) is 30.1. The molecule has 0 radical (unpaired) electrons. The first kappa shape index (κ1) is 15.2. The Bertz CT molecular complexity index is 379. The van der Waals surface area contributed by atoms with Crippen molar-refractivity contribution in [3.8, 4) is 0 Å². The summed E-state index contributed by atoms with van der Waals surface area (Å²) in [5.41, 5.74) is 0. The van der Waals surface area contributed by atoms with Gasteiger partial charge in [0.2, 0.25) is 11.8 Å². The zero-order valence-electron chi connectivity index (χ0n) is 11.1. The second-order valence-electron chi connectivity index (χ2n) is 5.54. The minimum absolute atomic E-state index is 0.197. The summed E-state index contributed by atoms with van der Waals surface area (Å²) in [6, 6.07) is 0. The van der Waals surface area contributed by atoms with Crippen molar-refractivity contribution < 1.29 is 28.2 Å². The van der Waals surface area contributed by atoms with Crippen LogP contribution in [0.3, 0.4) is 0 Å². The number of halogens is 2. The van der Waals surface area contributed by atoms with Gasteiger partial charge in [0.1, 0.15) is 0 Å². The highest BCUT2D eigenvalue weighted by Gasteiger charge is 2.37. The van der Waals surface area contributed by atoms with Crippen molar-refractivity contribution >= 4 is 11.9 Å². The Morgan fingerprint density at radius 2 is 1.85 bits per heavy atom. The summed E-state index contributed by atoms with van der Waals surface area (Å²) in [7, 11) is 0. The number of aliphatic carboxylic acids is 1. The zero-order chi connectivity index (χ0) is 14.8. The molecular formula is C13H19F2NO4. The average Bonchev–Trinajstić information content (AvgIpc) is 2.85. The summed E-state index contributed by atoms with van der Waals surface area (Å²) >= 11 is 0. The van der Waals surface area contributed by atoms with Crippen molar-refractivity contribution in [2.45, 2.75) is 56.7 Å². The van der Waals surface area contributed by atoms with Crippen LogP contribution in [0.2, 0.25) is 0 Å². The van der Waals surface area contributed by atoms with E-state index in [9.17, 15) is 18.4 Å². The molecule has 1 heterocycles. The molecule has 2 aliphatic rings. The lowest BCUT2D eigenvalue weighted by Crippen LogP contribution is -2.39. The van der Waals surface area contributed by atoms with Crippen LogP contribution in [0.4, 0.5) is 8.78 Å². The minimum Gasteiger partial charge on any atom is -0.479 e. The number of ether oxygens (including phenoxy) is 1. The molecule has 1 aliphatic heterocycles. The first-order valence-corrected chi connectivity index (χ1v) is 6.91. The van der Waals surface area contributed by atoms with Gasteiger partial charge in [-0.05, 0) is 25.7 Å². The van der Waals surface area contributed by atoms with Crippen LogP contribution in [0.5, 0.6) is 0 Å². The molecule has 1 saturated carbocycles. The van der Waals surface area contributed by atoms with Gasteiger partial charge in [0, 0.05) is 25.3 Å². The number of carboxylic acids is 1. The molecule has 2 atom stereocenters. The number of carbonyl (C=O) groups excluding carboxylic acids is 1. The molecule has 0 spiro atoms. The van der Waals surface area contributed by atoms with Gasteiger partial charge in [0.05, 0.1) is 6.10 Å². The van der Waals surface area contributed by atoms with E-state index in [0.29, 0.717) is 12.8 Å². The van der Waals surface area contributed by atoms with Crippen LogP contribution >= 0.6 is 0 Å². The Morgan fingerprint density at radius 1 is 1.20 bits per heavy atom. The molecule has 2 fully saturated rings. The summed E-state index contributed by atoms with van der Waals surface area (Å²) in [6.07, 6.45) is -0.177. The largest absolute Gasteiger partial charge is 0.479 e. The van der Waals surface area contributed by atoms with Gasteiger partial charge in [0.15, 0.2) is 6.10 Å². The van der Waals surface area contributed by atoms with Gasteiger partial charge in [0.25, 0.3) is 0 Å². The zero-order valence-corrected chi connectivity index (χ0v) is 11.1. The highest BCUT2D eigenvalue weighted by molar-refractivity contribution is 5.78. The van der Waals surface area contributed by atoms with Gasteiger partial charge in [-0.3, -0.25) is 4.79 Å². The first-order chi connectivity index (χ1) is 9.37. The number of amides is 1. The Labute approximate surface area is 115 Å². The van der Waals surface area contributed by atoms with Crippen LogP contribution in [0.1, 0.15) is 38.5 Å². The molecule has 2 rings (SSSR count). The molecule has 114 valence electrons.